The van der Waals surface area contributed by atoms with Crippen molar-refractivity contribution in [2.24, 2.45) is 0 Å². The monoisotopic (exact) mass is 384 g/mol. The SMILES string of the molecule is CCN(CC)C(=O)c1ccc(S(=O)(=O)Oc2cccc3cccnc23)cc1. The molecule has 1 aromatic heterocycles. The average Bonchev–Trinajstić information content (AvgIpc) is 2.69. The molecule has 0 saturated heterocycles. The van der Waals surface area contributed by atoms with Crippen LogP contribution in [0.25, 0.3) is 10.9 Å². The summed E-state index contributed by atoms with van der Waals surface area (Å²) < 4.78 is 30.6. The third-order valence-corrected chi connectivity index (χ3v) is 5.48. The van der Waals surface area contributed by atoms with Crippen LogP contribution in [-0.4, -0.2) is 37.3 Å². The lowest BCUT2D eigenvalue weighted by Gasteiger charge is -2.18. The fraction of sp³-hybridized carbons (Fsp3) is 0.200. The number of hydrogen-bond acceptors (Lipinski definition) is 5. The first-order valence-corrected chi connectivity index (χ1v) is 10.0. The van der Waals surface area contributed by atoms with Gasteiger partial charge in [0, 0.05) is 30.2 Å². The van der Waals surface area contributed by atoms with Gasteiger partial charge in [-0.1, -0.05) is 18.2 Å². The van der Waals surface area contributed by atoms with Crippen molar-refractivity contribution < 1.29 is 17.4 Å². The van der Waals surface area contributed by atoms with E-state index in [9.17, 15) is 13.2 Å². The Morgan fingerprint density at radius 2 is 1.67 bits per heavy atom. The van der Waals surface area contributed by atoms with Crippen molar-refractivity contribution in [2.45, 2.75) is 18.7 Å². The molecule has 3 aromatic rings. The number of benzene rings is 2. The van der Waals surface area contributed by atoms with Crippen LogP contribution in [0.5, 0.6) is 5.75 Å². The van der Waals surface area contributed by atoms with Crippen LogP contribution in [-0.2, 0) is 10.1 Å². The van der Waals surface area contributed by atoms with Gasteiger partial charge in [-0.3, -0.25) is 9.78 Å². The van der Waals surface area contributed by atoms with E-state index in [1.165, 1.54) is 24.3 Å². The van der Waals surface area contributed by atoms with Crippen molar-refractivity contribution in [3.05, 3.63) is 66.4 Å². The molecule has 3 rings (SSSR count). The normalized spacial score (nSPS) is 11.3. The van der Waals surface area contributed by atoms with Gasteiger partial charge in [-0.15, -0.1) is 0 Å². The summed E-state index contributed by atoms with van der Waals surface area (Å²) in [5, 5.41) is 0.783. The Morgan fingerprint density at radius 3 is 2.33 bits per heavy atom. The van der Waals surface area contributed by atoms with Crippen molar-refractivity contribution in [3.8, 4) is 5.75 Å². The number of nitrogens with zero attached hydrogens (tertiary/aromatic N) is 2. The standard InChI is InChI=1S/C20H20N2O4S/c1-3-22(4-2)20(23)16-10-12-17(13-11-16)27(24,25)26-18-9-5-7-15-8-6-14-21-19(15)18/h5-14H,3-4H2,1-2H3. The smallest absolute Gasteiger partial charge is 0.339 e. The molecule has 2 aromatic carbocycles. The van der Waals surface area contributed by atoms with Gasteiger partial charge in [-0.25, -0.2) is 0 Å². The minimum absolute atomic E-state index is 0.0217. The molecule has 0 unspecified atom stereocenters. The van der Waals surface area contributed by atoms with Crippen LogP contribution in [0.15, 0.2) is 65.7 Å². The summed E-state index contributed by atoms with van der Waals surface area (Å²) in [4.78, 5) is 18.2. The predicted octanol–water partition coefficient (Wildman–Crippen LogP) is 3.48. The topological polar surface area (TPSA) is 76.6 Å². The zero-order valence-electron chi connectivity index (χ0n) is 15.1. The second kappa shape index (κ2) is 7.75. The van der Waals surface area contributed by atoms with E-state index in [2.05, 4.69) is 4.98 Å². The minimum atomic E-state index is -4.04. The Balaban J connectivity index is 1.88. The van der Waals surface area contributed by atoms with Gasteiger partial charge in [-0.2, -0.15) is 8.42 Å². The first kappa shape index (κ1) is 18.8. The molecule has 7 heteroatoms. The minimum Gasteiger partial charge on any atom is -0.377 e. The Morgan fingerprint density at radius 1 is 1.00 bits per heavy atom. The molecule has 140 valence electrons. The molecule has 0 atom stereocenters. The highest BCUT2D eigenvalue weighted by Crippen LogP contribution is 2.26. The second-order valence-electron chi connectivity index (χ2n) is 5.87. The molecule has 0 radical (unpaired) electrons. The maximum absolute atomic E-state index is 12.6. The lowest BCUT2D eigenvalue weighted by atomic mass is 10.2. The van der Waals surface area contributed by atoms with Gasteiger partial charge < -0.3 is 9.08 Å². The van der Waals surface area contributed by atoms with Crippen LogP contribution in [0.1, 0.15) is 24.2 Å². The number of pyridine rings is 1. The van der Waals surface area contributed by atoms with E-state index in [0.29, 0.717) is 24.2 Å². The third kappa shape index (κ3) is 3.93. The number of amides is 1. The summed E-state index contributed by atoms with van der Waals surface area (Å²) in [7, 11) is -4.04. The van der Waals surface area contributed by atoms with E-state index in [-0.39, 0.29) is 16.6 Å². The Labute approximate surface area is 158 Å². The van der Waals surface area contributed by atoms with E-state index in [1.807, 2.05) is 26.0 Å². The third-order valence-electron chi connectivity index (χ3n) is 4.24. The zero-order valence-corrected chi connectivity index (χ0v) is 15.9. The van der Waals surface area contributed by atoms with Crippen molar-refractivity contribution >= 4 is 26.9 Å². The van der Waals surface area contributed by atoms with Crippen LogP contribution < -0.4 is 4.18 Å². The fourth-order valence-corrected chi connectivity index (χ4v) is 3.70. The van der Waals surface area contributed by atoms with Crippen molar-refractivity contribution in [1.82, 2.24) is 9.88 Å². The number of carbonyl (C=O) groups is 1. The molecule has 0 aliphatic carbocycles. The highest BCUT2D eigenvalue weighted by atomic mass is 32.2. The van der Waals surface area contributed by atoms with E-state index in [1.54, 1.807) is 29.3 Å². The quantitative estimate of drug-likeness (QED) is 0.608. The van der Waals surface area contributed by atoms with E-state index in [4.69, 9.17) is 4.18 Å². The van der Waals surface area contributed by atoms with Gasteiger partial charge in [-0.05, 0) is 50.2 Å². The summed E-state index contributed by atoms with van der Waals surface area (Å²) in [6.45, 7) is 4.97. The molecular formula is C20H20N2O4S. The number of carbonyl (C=O) groups excluding carboxylic acids is 1. The molecular weight excluding hydrogens is 364 g/mol. The maximum atomic E-state index is 12.6. The molecule has 0 aliphatic rings. The van der Waals surface area contributed by atoms with Crippen LogP contribution in [0.4, 0.5) is 0 Å². The van der Waals surface area contributed by atoms with Crippen LogP contribution in [0.3, 0.4) is 0 Å². The highest BCUT2D eigenvalue weighted by molar-refractivity contribution is 7.87. The molecule has 0 fully saturated rings. The van der Waals surface area contributed by atoms with Crippen LogP contribution >= 0.6 is 0 Å². The Hall–Kier alpha value is -2.93. The summed E-state index contributed by atoms with van der Waals surface area (Å²) in [6, 6.07) is 14.5. The van der Waals surface area contributed by atoms with Gasteiger partial charge in [0.15, 0.2) is 5.75 Å². The average molecular weight is 384 g/mol. The molecule has 0 bridgehead atoms. The number of rotatable bonds is 6. The van der Waals surface area contributed by atoms with Crippen LogP contribution in [0.2, 0.25) is 0 Å². The number of aromatic nitrogens is 1. The zero-order chi connectivity index (χ0) is 19.4. The summed E-state index contributed by atoms with van der Waals surface area (Å²) >= 11 is 0. The lowest BCUT2D eigenvalue weighted by molar-refractivity contribution is 0.0773. The van der Waals surface area contributed by atoms with Gasteiger partial charge in [0.1, 0.15) is 10.4 Å². The molecule has 1 amide bonds. The van der Waals surface area contributed by atoms with Crippen molar-refractivity contribution in [1.29, 1.82) is 0 Å². The molecule has 0 saturated carbocycles. The first-order valence-electron chi connectivity index (χ1n) is 8.64. The number of para-hydroxylation sites is 1. The molecule has 27 heavy (non-hydrogen) atoms. The fourth-order valence-electron chi connectivity index (χ4n) is 2.77. The number of hydrogen-bond donors (Lipinski definition) is 0. The molecule has 1 heterocycles. The van der Waals surface area contributed by atoms with Crippen LogP contribution in [0, 0.1) is 0 Å². The molecule has 6 nitrogen and oxygen atoms in total. The largest absolute Gasteiger partial charge is 0.377 e. The summed E-state index contributed by atoms with van der Waals surface area (Å²) in [5.41, 5.74) is 0.904. The van der Waals surface area contributed by atoms with Gasteiger partial charge in [0.2, 0.25) is 0 Å². The number of fused-ring (bicyclic) bond motifs is 1. The van der Waals surface area contributed by atoms with Gasteiger partial charge >= 0.3 is 10.1 Å². The highest BCUT2D eigenvalue weighted by Gasteiger charge is 2.20. The van der Waals surface area contributed by atoms with E-state index in [0.717, 1.165) is 5.39 Å². The summed E-state index contributed by atoms with van der Waals surface area (Å²) in [5.74, 6) is 0.0273. The van der Waals surface area contributed by atoms with Crippen molar-refractivity contribution in [2.75, 3.05) is 13.1 Å². The van der Waals surface area contributed by atoms with Gasteiger partial charge in [0.05, 0.1) is 0 Å². The predicted molar refractivity (Wildman–Crippen MR) is 103 cm³/mol. The van der Waals surface area contributed by atoms with E-state index >= 15 is 0 Å². The van der Waals surface area contributed by atoms with Crippen molar-refractivity contribution in [3.63, 3.8) is 0 Å². The molecule has 0 aliphatic heterocycles. The Bertz CT molecular complexity index is 1050. The Kier molecular flexibility index (Phi) is 5.41. The van der Waals surface area contributed by atoms with E-state index < -0.39 is 10.1 Å². The first-order chi connectivity index (χ1) is 13.0. The molecule has 0 N–H and O–H groups in total. The summed E-state index contributed by atoms with van der Waals surface area (Å²) in [6.07, 6.45) is 1.58. The lowest BCUT2D eigenvalue weighted by Crippen LogP contribution is -2.30. The maximum Gasteiger partial charge on any atom is 0.339 e. The molecule has 0 spiro atoms. The van der Waals surface area contributed by atoms with Gasteiger partial charge in [0.25, 0.3) is 5.91 Å². The second-order valence-corrected chi connectivity index (χ2v) is 7.42.